The number of nitrogens with two attached hydrogens (primary N) is 1. The van der Waals surface area contributed by atoms with Crippen molar-refractivity contribution in [2.24, 2.45) is 5.92 Å². The summed E-state index contributed by atoms with van der Waals surface area (Å²) in [7, 11) is 0. The van der Waals surface area contributed by atoms with Gasteiger partial charge >= 0.3 is 0 Å². The van der Waals surface area contributed by atoms with Crippen LogP contribution in [-0.4, -0.2) is 49.4 Å². The maximum atomic E-state index is 5.94. The van der Waals surface area contributed by atoms with Crippen LogP contribution in [-0.2, 0) is 17.6 Å². The van der Waals surface area contributed by atoms with E-state index >= 15 is 0 Å². The van der Waals surface area contributed by atoms with Gasteiger partial charge in [0.2, 0.25) is 5.95 Å². The lowest BCUT2D eigenvalue weighted by atomic mass is 10.1. The molecular formula is C16H27N5O. The molecule has 2 aliphatic rings. The van der Waals surface area contributed by atoms with Crippen LogP contribution in [0, 0.1) is 5.92 Å². The summed E-state index contributed by atoms with van der Waals surface area (Å²) in [5.74, 6) is 2.06. The maximum absolute atomic E-state index is 5.94. The molecule has 122 valence electrons. The number of fused-ring (bicyclic) bond motifs is 1. The van der Waals surface area contributed by atoms with E-state index in [1.54, 1.807) is 0 Å². The van der Waals surface area contributed by atoms with Crippen LogP contribution in [0.3, 0.4) is 0 Å². The molecule has 1 saturated heterocycles. The van der Waals surface area contributed by atoms with Gasteiger partial charge in [0, 0.05) is 44.1 Å². The molecule has 3 rings (SSSR count). The molecule has 1 aromatic heterocycles. The number of aromatic nitrogens is 2. The van der Waals surface area contributed by atoms with Crippen molar-refractivity contribution in [3.63, 3.8) is 0 Å². The average molecular weight is 305 g/mol. The Morgan fingerprint density at radius 2 is 2.18 bits per heavy atom. The number of anilines is 2. The molecule has 3 heterocycles. The fourth-order valence-electron chi connectivity index (χ4n) is 3.36. The summed E-state index contributed by atoms with van der Waals surface area (Å²) >= 11 is 0. The first-order valence-electron chi connectivity index (χ1n) is 8.46. The van der Waals surface area contributed by atoms with Crippen LogP contribution in [0.5, 0.6) is 0 Å². The molecule has 0 saturated carbocycles. The maximum Gasteiger partial charge on any atom is 0.222 e. The highest BCUT2D eigenvalue weighted by atomic mass is 16.5. The number of hydrogen-bond donors (Lipinski definition) is 2. The molecule has 6 nitrogen and oxygen atoms in total. The van der Waals surface area contributed by atoms with Gasteiger partial charge in [-0.1, -0.05) is 6.92 Å². The highest BCUT2D eigenvalue weighted by Crippen LogP contribution is 2.29. The summed E-state index contributed by atoms with van der Waals surface area (Å²) in [6.07, 6.45) is 4.17. The van der Waals surface area contributed by atoms with Crippen LogP contribution in [0.25, 0.3) is 0 Å². The predicted molar refractivity (Wildman–Crippen MR) is 88.2 cm³/mol. The van der Waals surface area contributed by atoms with Crippen molar-refractivity contribution in [3.8, 4) is 0 Å². The third-order valence-corrected chi connectivity index (χ3v) is 4.47. The van der Waals surface area contributed by atoms with E-state index < -0.39 is 0 Å². The van der Waals surface area contributed by atoms with Gasteiger partial charge in [-0.05, 0) is 25.8 Å². The summed E-state index contributed by atoms with van der Waals surface area (Å²) in [5, 5.41) is 3.43. The third kappa shape index (κ3) is 3.50. The Balaban J connectivity index is 1.73. The van der Waals surface area contributed by atoms with Crippen molar-refractivity contribution in [1.82, 2.24) is 15.3 Å². The minimum Gasteiger partial charge on any atom is -0.381 e. The van der Waals surface area contributed by atoms with Crippen molar-refractivity contribution < 1.29 is 4.74 Å². The first kappa shape index (κ1) is 15.5. The van der Waals surface area contributed by atoms with E-state index in [-0.39, 0.29) is 0 Å². The number of nitrogen functional groups attached to an aromatic ring is 1. The monoisotopic (exact) mass is 305 g/mol. The molecule has 0 aliphatic carbocycles. The van der Waals surface area contributed by atoms with Crippen molar-refractivity contribution in [2.75, 3.05) is 50.0 Å². The van der Waals surface area contributed by atoms with Gasteiger partial charge in [0.1, 0.15) is 5.82 Å². The minimum absolute atomic E-state index is 0.404. The summed E-state index contributed by atoms with van der Waals surface area (Å²) in [6, 6.07) is 0. The summed E-state index contributed by atoms with van der Waals surface area (Å²) in [4.78, 5) is 11.4. The lowest BCUT2D eigenvalue weighted by Gasteiger charge is -2.22. The van der Waals surface area contributed by atoms with E-state index in [9.17, 15) is 0 Å². The first-order chi connectivity index (χ1) is 10.8. The molecule has 22 heavy (non-hydrogen) atoms. The van der Waals surface area contributed by atoms with Gasteiger partial charge in [0.15, 0.2) is 0 Å². The first-order valence-corrected chi connectivity index (χ1v) is 8.46. The predicted octanol–water partition coefficient (Wildman–Crippen LogP) is 1.000. The quantitative estimate of drug-likeness (QED) is 0.791. The molecule has 1 unspecified atom stereocenters. The Hall–Kier alpha value is -1.40. The Labute approximate surface area is 132 Å². The van der Waals surface area contributed by atoms with Gasteiger partial charge in [-0.2, -0.15) is 4.98 Å². The van der Waals surface area contributed by atoms with Crippen LogP contribution < -0.4 is 16.0 Å². The van der Waals surface area contributed by atoms with Crippen molar-refractivity contribution in [3.05, 3.63) is 11.3 Å². The molecule has 0 aromatic carbocycles. The summed E-state index contributed by atoms with van der Waals surface area (Å²) in [6.45, 7) is 7.87. The van der Waals surface area contributed by atoms with E-state index in [1.165, 1.54) is 12.0 Å². The van der Waals surface area contributed by atoms with Crippen LogP contribution in [0.4, 0.5) is 11.8 Å². The van der Waals surface area contributed by atoms with Gasteiger partial charge in [-0.15, -0.1) is 0 Å². The zero-order valence-corrected chi connectivity index (χ0v) is 13.5. The Kier molecular flexibility index (Phi) is 5.10. The second kappa shape index (κ2) is 7.24. The summed E-state index contributed by atoms with van der Waals surface area (Å²) in [5.41, 5.74) is 8.35. The number of hydrogen-bond acceptors (Lipinski definition) is 6. The largest absolute Gasteiger partial charge is 0.381 e. The topological polar surface area (TPSA) is 76.3 Å². The Morgan fingerprint density at radius 3 is 3.05 bits per heavy atom. The van der Waals surface area contributed by atoms with Gasteiger partial charge < -0.3 is 20.7 Å². The highest BCUT2D eigenvalue weighted by Gasteiger charge is 2.27. The molecule has 1 aromatic rings. The molecule has 0 bridgehead atoms. The molecule has 6 heteroatoms. The van der Waals surface area contributed by atoms with Crippen LogP contribution in [0.15, 0.2) is 0 Å². The smallest absolute Gasteiger partial charge is 0.222 e. The summed E-state index contributed by atoms with van der Waals surface area (Å²) < 4.78 is 5.71. The van der Waals surface area contributed by atoms with Gasteiger partial charge in [-0.3, -0.25) is 0 Å². The SMILES string of the molecule is CCCOCC1CCN(c2nc(N)nc3c2CCNCC3)C1. The molecule has 0 spiro atoms. The average Bonchev–Trinajstić information content (AvgIpc) is 2.84. The van der Waals surface area contributed by atoms with Gasteiger partial charge in [0.05, 0.1) is 12.3 Å². The Morgan fingerprint density at radius 1 is 1.32 bits per heavy atom. The number of ether oxygens (including phenoxy) is 1. The molecular weight excluding hydrogens is 278 g/mol. The van der Waals surface area contributed by atoms with Crippen LogP contribution in [0.2, 0.25) is 0 Å². The number of nitrogens with one attached hydrogen (secondary N) is 1. The lowest BCUT2D eigenvalue weighted by molar-refractivity contribution is 0.106. The molecule has 2 aliphatic heterocycles. The zero-order chi connectivity index (χ0) is 15.4. The molecule has 1 atom stereocenters. The van der Waals surface area contributed by atoms with Gasteiger partial charge in [0.25, 0.3) is 0 Å². The minimum atomic E-state index is 0.404. The van der Waals surface area contributed by atoms with E-state index in [0.717, 1.165) is 70.2 Å². The Bertz CT molecular complexity index is 508. The van der Waals surface area contributed by atoms with E-state index in [4.69, 9.17) is 10.5 Å². The molecule has 0 amide bonds. The van der Waals surface area contributed by atoms with Crippen LogP contribution >= 0.6 is 0 Å². The van der Waals surface area contributed by atoms with E-state index in [1.807, 2.05) is 0 Å². The standard InChI is InChI=1S/C16H27N5O/c1-2-9-22-11-12-5-8-21(10-12)15-13-3-6-18-7-4-14(13)19-16(17)20-15/h12,18H,2-11H2,1H3,(H2,17,19,20). The lowest BCUT2D eigenvalue weighted by Crippen LogP contribution is -2.25. The number of nitrogens with zero attached hydrogens (tertiary/aromatic N) is 3. The zero-order valence-electron chi connectivity index (χ0n) is 13.5. The fourth-order valence-corrected chi connectivity index (χ4v) is 3.36. The second-order valence-electron chi connectivity index (χ2n) is 6.26. The third-order valence-electron chi connectivity index (χ3n) is 4.47. The molecule has 0 radical (unpaired) electrons. The highest BCUT2D eigenvalue weighted by molar-refractivity contribution is 5.53. The molecule has 1 fully saturated rings. The number of rotatable bonds is 5. The molecule has 3 N–H and O–H groups in total. The second-order valence-corrected chi connectivity index (χ2v) is 6.26. The van der Waals surface area contributed by atoms with Gasteiger partial charge in [-0.25, -0.2) is 4.98 Å². The van der Waals surface area contributed by atoms with Crippen molar-refractivity contribution >= 4 is 11.8 Å². The van der Waals surface area contributed by atoms with Crippen molar-refractivity contribution in [2.45, 2.75) is 32.6 Å². The normalized spacial score (nSPS) is 21.7. The van der Waals surface area contributed by atoms with E-state index in [0.29, 0.717) is 11.9 Å². The van der Waals surface area contributed by atoms with Crippen molar-refractivity contribution in [1.29, 1.82) is 0 Å². The van der Waals surface area contributed by atoms with E-state index in [2.05, 4.69) is 27.1 Å². The fraction of sp³-hybridized carbons (Fsp3) is 0.750. The van der Waals surface area contributed by atoms with Crippen LogP contribution in [0.1, 0.15) is 31.0 Å².